The van der Waals surface area contributed by atoms with Crippen LogP contribution in [0, 0.1) is 0 Å². The van der Waals surface area contributed by atoms with Gasteiger partial charge in [-0.2, -0.15) is 0 Å². The zero-order chi connectivity index (χ0) is 12.7. The summed E-state index contributed by atoms with van der Waals surface area (Å²) in [7, 11) is 0. The second-order valence-corrected chi connectivity index (χ2v) is 4.44. The van der Waals surface area contributed by atoms with E-state index >= 15 is 0 Å². The molecule has 0 aliphatic rings. The van der Waals surface area contributed by atoms with Gasteiger partial charge in [0, 0.05) is 16.3 Å². The molecule has 0 bridgehead atoms. The first-order valence-corrected chi connectivity index (χ1v) is 5.82. The zero-order valence-corrected chi connectivity index (χ0v) is 9.97. The molecular weight excluding hydrogens is 224 g/mol. The van der Waals surface area contributed by atoms with Crippen molar-refractivity contribution in [3.8, 4) is 5.75 Å². The van der Waals surface area contributed by atoms with Crippen LogP contribution in [0.5, 0.6) is 5.75 Å². The highest BCUT2D eigenvalue weighted by Gasteiger charge is 2.08. The Morgan fingerprint density at radius 2 is 1.67 bits per heavy atom. The van der Waals surface area contributed by atoms with Crippen LogP contribution in [0.3, 0.4) is 0 Å². The van der Waals surface area contributed by atoms with Crippen molar-refractivity contribution < 1.29 is 9.90 Å². The van der Waals surface area contributed by atoms with Crippen molar-refractivity contribution >= 4 is 27.3 Å². The Labute approximate surface area is 104 Å². The van der Waals surface area contributed by atoms with Crippen molar-refractivity contribution in [3.63, 3.8) is 0 Å². The average Bonchev–Trinajstić information content (AvgIpc) is 2.38. The Hall–Kier alpha value is -2.35. The van der Waals surface area contributed by atoms with Crippen molar-refractivity contribution in [1.29, 1.82) is 0 Å². The number of benzene rings is 3. The minimum atomic E-state index is 0.00413. The molecule has 0 amide bonds. The number of fused-ring (bicyclic) bond motifs is 2. The van der Waals surface area contributed by atoms with Crippen molar-refractivity contribution in [2.45, 2.75) is 6.92 Å². The summed E-state index contributed by atoms with van der Waals surface area (Å²) in [6.07, 6.45) is 0. The molecule has 0 unspecified atom stereocenters. The number of hydrogen-bond acceptors (Lipinski definition) is 2. The topological polar surface area (TPSA) is 37.3 Å². The second kappa shape index (κ2) is 3.84. The van der Waals surface area contributed by atoms with E-state index in [9.17, 15) is 9.90 Å². The van der Waals surface area contributed by atoms with Gasteiger partial charge in [-0.15, -0.1) is 0 Å². The largest absolute Gasteiger partial charge is 0.507 e. The first-order valence-electron chi connectivity index (χ1n) is 5.82. The SMILES string of the molecule is CC(=O)c1ccc2cc3ccccc3c(O)c2c1. The smallest absolute Gasteiger partial charge is 0.159 e. The third-order valence-electron chi connectivity index (χ3n) is 3.24. The number of hydrogen-bond donors (Lipinski definition) is 1. The molecule has 0 aliphatic heterocycles. The molecule has 3 aromatic rings. The summed E-state index contributed by atoms with van der Waals surface area (Å²) in [6, 6.07) is 15.1. The van der Waals surface area contributed by atoms with Gasteiger partial charge in [0.05, 0.1) is 0 Å². The van der Waals surface area contributed by atoms with Crippen LogP contribution in [0.4, 0.5) is 0 Å². The third kappa shape index (κ3) is 1.54. The van der Waals surface area contributed by atoms with Gasteiger partial charge >= 0.3 is 0 Å². The van der Waals surface area contributed by atoms with Crippen LogP contribution in [0.1, 0.15) is 17.3 Å². The van der Waals surface area contributed by atoms with Crippen molar-refractivity contribution in [1.82, 2.24) is 0 Å². The summed E-state index contributed by atoms with van der Waals surface area (Å²) >= 11 is 0. The molecule has 0 radical (unpaired) electrons. The summed E-state index contributed by atoms with van der Waals surface area (Å²) in [5.41, 5.74) is 0.619. The third-order valence-corrected chi connectivity index (χ3v) is 3.24. The number of aromatic hydroxyl groups is 1. The van der Waals surface area contributed by atoms with Gasteiger partial charge in [0.2, 0.25) is 0 Å². The summed E-state index contributed by atoms with van der Waals surface area (Å²) in [4.78, 5) is 11.4. The fourth-order valence-electron chi connectivity index (χ4n) is 2.26. The summed E-state index contributed by atoms with van der Waals surface area (Å²) in [5, 5.41) is 13.8. The highest BCUT2D eigenvalue weighted by molar-refractivity contribution is 6.07. The Balaban J connectivity index is 2.45. The molecule has 0 fully saturated rings. The van der Waals surface area contributed by atoms with Crippen LogP contribution in [-0.2, 0) is 0 Å². The lowest BCUT2D eigenvalue weighted by Gasteiger charge is -2.07. The lowest BCUT2D eigenvalue weighted by Crippen LogP contribution is -1.91. The molecule has 0 aromatic heterocycles. The van der Waals surface area contributed by atoms with Gasteiger partial charge in [0.15, 0.2) is 5.78 Å². The number of phenols is 1. The van der Waals surface area contributed by atoms with E-state index in [1.807, 2.05) is 36.4 Å². The maximum Gasteiger partial charge on any atom is 0.159 e. The molecule has 88 valence electrons. The molecule has 0 heterocycles. The van der Waals surface area contributed by atoms with Gasteiger partial charge in [-0.05, 0) is 29.8 Å². The van der Waals surface area contributed by atoms with Gasteiger partial charge in [-0.25, -0.2) is 0 Å². The normalized spacial score (nSPS) is 10.9. The number of Topliss-reactive ketones (excluding diaryl/α,β-unsaturated/α-hetero) is 1. The van der Waals surface area contributed by atoms with Gasteiger partial charge in [0.25, 0.3) is 0 Å². The average molecular weight is 236 g/mol. The Morgan fingerprint density at radius 1 is 0.944 bits per heavy atom. The van der Waals surface area contributed by atoms with Crippen LogP contribution in [0.25, 0.3) is 21.5 Å². The van der Waals surface area contributed by atoms with Gasteiger partial charge in [-0.1, -0.05) is 36.4 Å². The molecule has 0 spiro atoms. The van der Waals surface area contributed by atoms with Crippen molar-refractivity contribution in [2.75, 3.05) is 0 Å². The number of carbonyl (C=O) groups is 1. The molecule has 0 saturated heterocycles. The summed E-state index contributed by atoms with van der Waals surface area (Å²) < 4.78 is 0. The second-order valence-electron chi connectivity index (χ2n) is 4.44. The Bertz CT molecular complexity index is 772. The summed E-state index contributed by atoms with van der Waals surface area (Å²) in [5.74, 6) is 0.246. The molecule has 0 aliphatic carbocycles. The maximum absolute atomic E-state index is 11.4. The molecule has 2 nitrogen and oxygen atoms in total. The molecule has 3 aromatic carbocycles. The zero-order valence-electron chi connectivity index (χ0n) is 9.97. The van der Waals surface area contributed by atoms with Crippen molar-refractivity contribution in [2.24, 2.45) is 0 Å². The molecule has 18 heavy (non-hydrogen) atoms. The monoisotopic (exact) mass is 236 g/mol. The highest BCUT2D eigenvalue weighted by Crippen LogP contribution is 2.34. The molecule has 0 saturated carbocycles. The minimum Gasteiger partial charge on any atom is -0.507 e. The van der Waals surface area contributed by atoms with E-state index in [-0.39, 0.29) is 11.5 Å². The van der Waals surface area contributed by atoms with E-state index in [1.165, 1.54) is 6.92 Å². The van der Waals surface area contributed by atoms with Crippen LogP contribution in [0.15, 0.2) is 48.5 Å². The van der Waals surface area contributed by atoms with E-state index in [1.54, 1.807) is 12.1 Å². The van der Waals surface area contributed by atoms with Crippen LogP contribution >= 0.6 is 0 Å². The number of rotatable bonds is 1. The lowest BCUT2D eigenvalue weighted by atomic mass is 9.99. The van der Waals surface area contributed by atoms with Crippen LogP contribution < -0.4 is 0 Å². The predicted molar refractivity (Wildman–Crippen MR) is 73.1 cm³/mol. The van der Waals surface area contributed by atoms with Gasteiger partial charge < -0.3 is 5.11 Å². The minimum absolute atomic E-state index is 0.00413. The fraction of sp³-hybridized carbons (Fsp3) is 0.0625. The lowest BCUT2D eigenvalue weighted by molar-refractivity contribution is 0.101. The first-order chi connectivity index (χ1) is 8.66. The van der Waals surface area contributed by atoms with Gasteiger partial charge in [-0.3, -0.25) is 4.79 Å². The van der Waals surface area contributed by atoms with E-state index < -0.39 is 0 Å². The highest BCUT2D eigenvalue weighted by atomic mass is 16.3. The molecule has 3 rings (SSSR count). The molecule has 0 atom stereocenters. The predicted octanol–water partition coefficient (Wildman–Crippen LogP) is 3.90. The van der Waals surface area contributed by atoms with Crippen LogP contribution in [-0.4, -0.2) is 10.9 Å². The quantitative estimate of drug-likeness (QED) is 0.514. The van der Waals surface area contributed by atoms with Gasteiger partial charge in [0.1, 0.15) is 5.75 Å². The van der Waals surface area contributed by atoms with E-state index in [2.05, 4.69) is 0 Å². The molecule has 1 N–H and O–H groups in total. The maximum atomic E-state index is 11.4. The number of ketones is 1. The summed E-state index contributed by atoms with van der Waals surface area (Å²) in [6.45, 7) is 1.53. The Morgan fingerprint density at radius 3 is 2.44 bits per heavy atom. The van der Waals surface area contributed by atoms with E-state index in [4.69, 9.17) is 0 Å². The molecule has 2 heteroatoms. The fourth-order valence-corrected chi connectivity index (χ4v) is 2.26. The molecular formula is C16H12O2. The van der Waals surface area contributed by atoms with Crippen molar-refractivity contribution in [3.05, 3.63) is 54.1 Å². The van der Waals surface area contributed by atoms with E-state index in [0.717, 1.165) is 21.5 Å². The number of carbonyl (C=O) groups excluding carboxylic acids is 1. The standard InChI is InChI=1S/C16H12O2/c1-10(17)11-6-7-13-8-12-4-2-3-5-14(12)16(18)15(13)9-11/h2-9,18H,1H3. The van der Waals surface area contributed by atoms with Crippen LogP contribution in [0.2, 0.25) is 0 Å². The first kappa shape index (κ1) is 10.8. The Kier molecular flexibility index (Phi) is 2.30. The number of phenolic OH excluding ortho intramolecular Hbond substituents is 1. The van der Waals surface area contributed by atoms with E-state index in [0.29, 0.717) is 5.56 Å².